The molecule has 154 valence electrons. The van der Waals surface area contributed by atoms with Crippen LogP contribution in [0.15, 0.2) is 36.5 Å². The number of amides is 1. The maximum absolute atomic E-state index is 11.8. The molecule has 0 aliphatic carbocycles. The van der Waals surface area contributed by atoms with E-state index in [1.807, 2.05) is 30.3 Å². The van der Waals surface area contributed by atoms with Crippen molar-refractivity contribution in [3.05, 3.63) is 36.5 Å². The Kier molecular flexibility index (Phi) is 5.89. The van der Waals surface area contributed by atoms with Crippen molar-refractivity contribution in [3.63, 3.8) is 0 Å². The molecular formula is C20H24N4O5. The SMILES string of the molecule is COCC(=O)NC1COC2C(Nc3nccc(-c4ccc(OC)cc4)n3)COC12. The Morgan fingerprint density at radius 1 is 1.10 bits per heavy atom. The minimum Gasteiger partial charge on any atom is -0.497 e. The van der Waals surface area contributed by atoms with E-state index in [-0.39, 0.29) is 36.8 Å². The van der Waals surface area contributed by atoms with Crippen LogP contribution < -0.4 is 15.4 Å². The molecule has 4 rings (SSSR count). The summed E-state index contributed by atoms with van der Waals surface area (Å²) in [5.74, 6) is 1.11. The summed E-state index contributed by atoms with van der Waals surface area (Å²) in [7, 11) is 3.12. The number of carbonyl (C=O) groups is 1. The van der Waals surface area contributed by atoms with Crippen molar-refractivity contribution >= 4 is 11.9 Å². The van der Waals surface area contributed by atoms with Gasteiger partial charge < -0.3 is 29.6 Å². The number of carbonyl (C=O) groups excluding carboxylic acids is 1. The Balaban J connectivity index is 1.41. The van der Waals surface area contributed by atoms with E-state index in [1.54, 1.807) is 13.3 Å². The average Bonchev–Trinajstić information content (AvgIpc) is 3.32. The van der Waals surface area contributed by atoms with Gasteiger partial charge in [0.15, 0.2) is 0 Å². The quantitative estimate of drug-likeness (QED) is 0.705. The lowest BCUT2D eigenvalue weighted by Gasteiger charge is -2.18. The second kappa shape index (κ2) is 8.73. The number of fused-ring (bicyclic) bond motifs is 1. The Labute approximate surface area is 168 Å². The van der Waals surface area contributed by atoms with Crippen LogP contribution in [0.2, 0.25) is 0 Å². The van der Waals surface area contributed by atoms with Gasteiger partial charge in [-0.15, -0.1) is 0 Å². The molecule has 2 N–H and O–H groups in total. The van der Waals surface area contributed by atoms with E-state index in [9.17, 15) is 4.79 Å². The fraction of sp³-hybridized carbons (Fsp3) is 0.450. The average molecular weight is 400 g/mol. The summed E-state index contributed by atoms with van der Waals surface area (Å²) < 4.78 is 21.8. The standard InChI is InChI=1S/C20H24N4O5/c1-26-11-17(25)22-15-9-28-19-16(10-29-18(15)19)24-20-21-8-7-14(23-20)12-3-5-13(27-2)6-4-12/h3-8,15-16,18-19H,9-11H2,1-2H3,(H,22,25)(H,21,23,24). The fourth-order valence-electron chi connectivity index (χ4n) is 3.64. The highest BCUT2D eigenvalue weighted by atomic mass is 16.6. The van der Waals surface area contributed by atoms with Crippen molar-refractivity contribution in [2.45, 2.75) is 24.3 Å². The highest BCUT2D eigenvalue weighted by Crippen LogP contribution is 2.29. The van der Waals surface area contributed by atoms with Crippen molar-refractivity contribution in [2.24, 2.45) is 0 Å². The molecule has 2 aromatic rings. The molecule has 1 aromatic heterocycles. The third kappa shape index (κ3) is 4.31. The molecule has 0 radical (unpaired) electrons. The minimum atomic E-state index is -0.210. The summed E-state index contributed by atoms with van der Waals surface area (Å²) in [5, 5.41) is 6.20. The van der Waals surface area contributed by atoms with Gasteiger partial charge in [-0.1, -0.05) is 0 Å². The summed E-state index contributed by atoms with van der Waals surface area (Å²) in [4.78, 5) is 20.7. The molecule has 1 aromatic carbocycles. The van der Waals surface area contributed by atoms with Gasteiger partial charge in [0.05, 0.1) is 38.1 Å². The van der Waals surface area contributed by atoms with Crippen LogP contribution in [0.1, 0.15) is 0 Å². The molecule has 0 bridgehead atoms. The number of ether oxygens (including phenoxy) is 4. The van der Waals surface area contributed by atoms with Crippen molar-refractivity contribution < 1.29 is 23.7 Å². The summed E-state index contributed by atoms with van der Waals surface area (Å²) in [5.41, 5.74) is 1.77. The van der Waals surface area contributed by atoms with E-state index in [0.29, 0.717) is 19.2 Å². The highest BCUT2D eigenvalue weighted by Gasteiger charge is 2.48. The Hall–Kier alpha value is -2.75. The normalized spacial score (nSPS) is 25.4. The largest absolute Gasteiger partial charge is 0.497 e. The summed E-state index contributed by atoms with van der Waals surface area (Å²) >= 11 is 0. The number of aromatic nitrogens is 2. The highest BCUT2D eigenvalue weighted by molar-refractivity contribution is 5.77. The van der Waals surface area contributed by atoms with Crippen LogP contribution in [0.25, 0.3) is 11.3 Å². The Bertz CT molecular complexity index is 847. The zero-order chi connectivity index (χ0) is 20.2. The lowest BCUT2D eigenvalue weighted by molar-refractivity contribution is -0.126. The van der Waals surface area contributed by atoms with Crippen LogP contribution in [0.5, 0.6) is 5.75 Å². The number of anilines is 1. The molecular weight excluding hydrogens is 376 g/mol. The summed E-state index contributed by atoms with van der Waals surface area (Å²) in [6, 6.07) is 9.25. The van der Waals surface area contributed by atoms with Crippen molar-refractivity contribution in [2.75, 3.05) is 39.4 Å². The van der Waals surface area contributed by atoms with Crippen LogP contribution in [-0.4, -0.2) is 74.2 Å². The molecule has 29 heavy (non-hydrogen) atoms. The molecule has 9 heteroatoms. The predicted molar refractivity (Wildman–Crippen MR) is 105 cm³/mol. The van der Waals surface area contributed by atoms with E-state index < -0.39 is 0 Å². The third-order valence-corrected chi connectivity index (χ3v) is 5.03. The van der Waals surface area contributed by atoms with E-state index in [1.165, 1.54) is 7.11 Å². The van der Waals surface area contributed by atoms with E-state index >= 15 is 0 Å². The van der Waals surface area contributed by atoms with Gasteiger partial charge in [0, 0.05) is 18.9 Å². The van der Waals surface area contributed by atoms with E-state index in [2.05, 4.69) is 20.6 Å². The van der Waals surface area contributed by atoms with Crippen LogP contribution in [0, 0.1) is 0 Å². The smallest absolute Gasteiger partial charge is 0.246 e. The first-order valence-electron chi connectivity index (χ1n) is 9.43. The zero-order valence-electron chi connectivity index (χ0n) is 16.3. The van der Waals surface area contributed by atoms with Gasteiger partial charge in [-0.05, 0) is 30.3 Å². The van der Waals surface area contributed by atoms with Gasteiger partial charge in [0.25, 0.3) is 0 Å². The van der Waals surface area contributed by atoms with Gasteiger partial charge in [0.2, 0.25) is 11.9 Å². The third-order valence-electron chi connectivity index (χ3n) is 5.03. The van der Waals surface area contributed by atoms with Crippen molar-refractivity contribution in [1.82, 2.24) is 15.3 Å². The first kappa shape index (κ1) is 19.6. The first-order valence-corrected chi connectivity index (χ1v) is 9.43. The minimum absolute atomic E-state index is 0.0154. The molecule has 4 unspecified atom stereocenters. The Morgan fingerprint density at radius 3 is 2.55 bits per heavy atom. The molecule has 0 spiro atoms. The second-order valence-corrected chi connectivity index (χ2v) is 6.95. The number of nitrogens with zero attached hydrogens (tertiary/aromatic N) is 2. The van der Waals surface area contributed by atoms with Gasteiger partial charge in [0.1, 0.15) is 24.6 Å². The van der Waals surface area contributed by atoms with Crippen LogP contribution >= 0.6 is 0 Å². The molecule has 2 aliphatic rings. The lowest BCUT2D eigenvalue weighted by atomic mass is 10.1. The molecule has 9 nitrogen and oxygen atoms in total. The number of hydrogen-bond donors (Lipinski definition) is 2. The topological polar surface area (TPSA) is 104 Å². The molecule has 2 aliphatic heterocycles. The lowest BCUT2D eigenvalue weighted by Crippen LogP contribution is -2.45. The van der Waals surface area contributed by atoms with E-state index in [4.69, 9.17) is 18.9 Å². The van der Waals surface area contributed by atoms with Crippen LogP contribution in [0.3, 0.4) is 0 Å². The van der Waals surface area contributed by atoms with Gasteiger partial charge in [-0.25, -0.2) is 9.97 Å². The first-order chi connectivity index (χ1) is 14.2. The molecule has 1 amide bonds. The number of benzene rings is 1. The van der Waals surface area contributed by atoms with Gasteiger partial charge in [-0.2, -0.15) is 0 Å². The molecule has 4 atom stereocenters. The molecule has 0 saturated carbocycles. The van der Waals surface area contributed by atoms with Crippen LogP contribution in [0.4, 0.5) is 5.95 Å². The molecule has 3 heterocycles. The predicted octanol–water partition coefficient (Wildman–Crippen LogP) is 0.862. The number of rotatable bonds is 7. The van der Waals surface area contributed by atoms with Crippen molar-refractivity contribution in [1.29, 1.82) is 0 Å². The maximum Gasteiger partial charge on any atom is 0.246 e. The number of methoxy groups -OCH3 is 2. The van der Waals surface area contributed by atoms with Gasteiger partial charge >= 0.3 is 0 Å². The fourth-order valence-corrected chi connectivity index (χ4v) is 3.64. The summed E-state index contributed by atoms with van der Waals surface area (Å²) in [6.07, 6.45) is 1.32. The zero-order valence-corrected chi connectivity index (χ0v) is 16.3. The van der Waals surface area contributed by atoms with Crippen LogP contribution in [-0.2, 0) is 19.0 Å². The van der Waals surface area contributed by atoms with Gasteiger partial charge in [-0.3, -0.25) is 4.79 Å². The van der Waals surface area contributed by atoms with E-state index in [0.717, 1.165) is 17.0 Å². The molecule has 2 fully saturated rings. The number of nitrogens with one attached hydrogen (secondary N) is 2. The monoisotopic (exact) mass is 400 g/mol. The molecule has 2 saturated heterocycles. The second-order valence-electron chi connectivity index (χ2n) is 6.95. The summed E-state index contributed by atoms with van der Waals surface area (Å²) in [6.45, 7) is 0.860. The number of hydrogen-bond acceptors (Lipinski definition) is 8. The van der Waals surface area contributed by atoms with Crippen molar-refractivity contribution in [3.8, 4) is 17.0 Å². The Morgan fingerprint density at radius 2 is 1.83 bits per heavy atom. The maximum atomic E-state index is 11.8.